The van der Waals surface area contributed by atoms with E-state index in [-0.39, 0.29) is 5.41 Å². The normalized spacial score (nSPS) is 17.9. The first-order valence-corrected chi connectivity index (χ1v) is 9.41. The van der Waals surface area contributed by atoms with Gasteiger partial charge >= 0.3 is 0 Å². The van der Waals surface area contributed by atoms with Gasteiger partial charge < -0.3 is 5.73 Å². The lowest BCUT2D eigenvalue weighted by Crippen LogP contribution is -2.36. The molecule has 2 rings (SSSR count). The average Bonchev–Trinajstić information content (AvgIpc) is 2.80. The van der Waals surface area contributed by atoms with Gasteiger partial charge in [0.05, 0.1) is 0 Å². The van der Waals surface area contributed by atoms with Crippen molar-refractivity contribution in [3.8, 4) is 0 Å². The van der Waals surface area contributed by atoms with Crippen LogP contribution >= 0.6 is 11.3 Å². The number of rotatable bonds is 3. The molecule has 0 amide bonds. The van der Waals surface area contributed by atoms with Crippen LogP contribution in [0.3, 0.4) is 0 Å². The Morgan fingerprint density at radius 1 is 1.38 bits per heavy atom. The Bertz CT molecular complexity index is 652. The molecule has 0 unspecified atom stereocenters. The van der Waals surface area contributed by atoms with Crippen molar-refractivity contribution >= 4 is 21.4 Å². The van der Waals surface area contributed by atoms with Gasteiger partial charge in [-0.1, -0.05) is 32.4 Å². The largest absolute Gasteiger partial charge is 0.326 e. The van der Waals surface area contributed by atoms with E-state index in [1.54, 1.807) is 10.4 Å². The number of hydrogen-bond donors (Lipinski definition) is 1. The van der Waals surface area contributed by atoms with Crippen LogP contribution < -0.4 is 5.73 Å². The van der Waals surface area contributed by atoms with E-state index in [1.165, 1.54) is 16.9 Å². The highest BCUT2D eigenvalue weighted by atomic mass is 32.2. The first-order valence-electron chi connectivity index (χ1n) is 7.15. The maximum Gasteiger partial charge on any atom is 0.252 e. The molecule has 4 nitrogen and oxygen atoms in total. The molecule has 1 aliphatic heterocycles. The zero-order valence-corrected chi connectivity index (χ0v) is 14.8. The third kappa shape index (κ3) is 3.39. The first kappa shape index (κ1) is 16.7. The van der Waals surface area contributed by atoms with Crippen LogP contribution in [0.25, 0.3) is 0 Å². The lowest BCUT2D eigenvalue weighted by molar-refractivity contribution is 0.390. The summed E-state index contributed by atoms with van der Waals surface area (Å²) in [6.45, 7) is 9.81. The van der Waals surface area contributed by atoms with Crippen molar-refractivity contribution in [1.29, 1.82) is 0 Å². The lowest BCUT2D eigenvalue weighted by atomic mass is 9.83. The van der Waals surface area contributed by atoms with Crippen LogP contribution in [0.1, 0.15) is 37.6 Å². The maximum absolute atomic E-state index is 12.7. The van der Waals surface area contributed by atoms with Crippen molar-refractivity contribution in [2.75, 3.05) is 13.1 Å². The van der Waals surface area contributed by atoms with Gasteiger partial charge in [0.2, 0.25) is 0 Å². The van der Waals surface area contributed by atoms with Gasteiger partial charge in [0, 0.05) is 24.5 Å². The van der Waals surface area contributed by atoms with Crippen LogP contribution in [-0.4, -0.2) is 25.8 Å². The molecule has 0 fully saturated rings. The van der Waals surface area contributed by atoms with Crippen molar-refractivity contribution < 1.29 is 8.42 Å². The molecule has 0 saturated heterocycles. The molecule has 0 aromatic carbocycles. The Labute approximate surface area is 131 Å². The molecule has 1 aliphatic rings. The molecule has 0 radical (unpaired) electrons. The van der Waals surface area contributed by atoms with Gasteiger partial charge in [-0.3, -0.25) is 0 Å². The Balaban J connectivity index is 2.24. The topological polar surface area (TPSA) is 63.4 Å². The molecule has 0 bridgehead atoms. The SMILES string of the molecule is Cc1cc(S(=O)(=O)N2CC=C(C(C)(C)C)CC2)sc1CN. The van der Waals surface area contributed by atoms with E-state index >= 15 is 0 Å². The Morgan fingerprint density at radius 3 is 2.48 bits per heavy atom. The molecular weight excluding hydrogens is 304 g/mol. The van der Waals surface area contributed by atoms with E-state index in [1.807, 2.05) is 6.92 Å². The van der Waals surface area contributed by atoms with Gasteiger partial charge in [-0.2, -0.15) is 4.31 Å². The number of sulfonamides is 1. The molecule has 1 aromatic rings. The number of hydrogen-bond acceptors (Lipinski definition) is 4. The maximum atomic E-state index is 12.7. The summed E-state index contributed by atoms with van der Waals surface area (Å²) in [5, 5.41) is 0. The second kappa shape index (κ2) is 5.83. The van der Waals surface area contributed by atoms with Crippen molar-refractivity contribution in [3.05, 3.63) is 28.2 Å². The van der Waals surface area contributed by atoms with E-state index in [0.717, 1.165) is 16.9 Å². The molecule has 0 aliphatic carbocycles. The molecule has 21 heavy (non-hydrogen) atoms. The summed E-state index contributed by atoms with van der Waals surface area (Å²) in [4.78, 5) is 0.941. The third-order valence-electron chi connectivity index (χ3n) is 3.91. The standard InChI is InChI=1S/C15H24N2O2S2/c1-11-9-14(20-13(11)10-16)21(18,19)17-7-5-12(6-8-17)15(2,3)4/h5,9H,6-8,10,16H2,1-4H3. The number of nitrogens with zero attached hydrogens (tertiary/aromatic N) is 1. The minimum atomic E-state index is -3.39. The summed E-state index contributed by atoms with van der Waals surface area (Å²) in [7, 11) is -3.39. The smallest absolute Gasteiger partial charge is 0.252 e. The average molecular weight is 329 g/mol. The number of aryl methyl sites for hydroxylation is 1. The van der Waals surface area contributed by atoms with Crippen LogP contribution in [-0.2, 0) is 16.6 Å². The minimum Gasteiger partial charge on any atom is -0.326 e. The molecule has 1 aromatic heterocycles. The van der Waals surface area contributed by atoms with Crippen LogP contribution in [0.2, 0.25) is 0 Å². The molecule has 0 atom stereocenters. The van der Waals surface area contributed by atoms with Crippen LogP contribution in [0, 0.1) is 12.3 Å². The van der Waals surface area contributed by atoms with Gasteiger partial charge in [-0.15, -0.1) is 11.3 Å². The highest BCUT2D eigenvalue weighted by Gasteiger charge is 2.30. The zero-order chi connectivity index (χ0) is 15.8. The monoisotopic (exact) mass is 328 g/mol. The van der Waals surface area contributed by atoms with E-state index in [2.05, 4.69) is 26.8 Å². The van der Waals surface area contributed by atoms with Crippen LogP contribution in [0.15, 0.2) is 21.9 Å². The second-order valence-electron chi connectivity index (χ2n) is 6.47. The van der Waals surface area contributed by atoms with Crippen molar-refractivity contribution in [2.45, 2.75) is 44.9 Å². The fourth-order valence-corrected chi connectivity index (χ4v) is 5.50. The minimum absolute atomic E-state index is 0.113. The third-order valence-corrected chi connectivity index (χ3v) is 7.49. The summed E-state index contributed by atoms with van der Waals surface area (Å²) >= 11 is 1.29. The van der Waals surface area contributed by atoms with E-state index < -0.39 is 10.0 Å². The summed E-state index contributed by atoms with van der Waals surface area (Å²) in [5.74, 6) is 0. The van der Waals surface area contributed by atoms with E-state index in [4.69, 9.17) is 5.73 Å². The highest BCUT2D eigenvalue weighted by Crippen LogP contribution is 2.33. The van der Waals surface area contributed by atoms with E-state index in [9.17, 15) is 8.42 Å². The quantitative estimate of drug-likeness (QED) is 0.868. The Morgan fingerprint density at radius 2 is 2.05 bits per heavy atom. The number of thiophene rings is 1. The summed E-state index contributed by atoms with van der Waals surface area (Å²) < 4.78 is 27.4. The second-order valence-corrected chi connectivity index (χ2v) is 9.77. The summed E-state index contributed by atoms with van der Waals surface area (Å²) in [5.41, 5.74) is 8.05. The molecule has 2 heterocycles. The van der Waals surface area contributed by atoms with Crippen molar-refractivity contribution in [1.82, 2.24) is 4.31 Å². The van der Waals surface area contributed by atoms with Gasteiger partial charge in [-0.05, 0) is 30.4 Å². The molecular formula is C15H24N2O2S2. The van der Waals surface area contributed by atoms with Gasteiger partial charge in [0.1, 0.15) is 4.21 Å². The Kier molecular flexibility index (Phi) is 4.63. The zero-order valence-electron chi connectivity index (χ0n) is 13.1. The van der Waals surface area contributed by atoms with Gasteiger partial charge in [-0.25, -0.2) is 8.42 Å². The van der Waals surface area contributed by atoms with Crippen LogP contribution in [0.5, 0.6) is 0 Å². The number of nitrogens with two attached hydrogens (primary N) is 1. The first-order chi connectivity index (χ1) is 9.66. The molecule has 0 spiro atoms. The fraction of sp³-hybridized carbons (Fsp3) is 0.600. The predicted octanol–water partition coefficient (Wildman–Crippen LogP) is 2.88. The van der Waals surface area contributed by atoms with Gasteiger partial charge in [0.25, 0.3) is 10.0 Å². The predicted molar refractivity (Wildman–Crippen MR) is 87.9 cm³/mol. The Hall–Kier alpha value is -0.690. The van der Waals surface area contributed by atoms with E-state index in [0.29, 0.717) is 23.8 Å². The molecule has 118 valence electrons. The fourth-order valence-electron chi connectivity index (χ4n) is 2.50. The van der Waals surface area contributed by atoms with Gasteiger partial charge in [0.15, 0.2) is 0 Å². The van der Waals surface area contributed by atoms with Crippen molar-refractivity contribution in [2.24, 2.45) is 11.1 Å². The van der Waals surface area contributed by atoms with Crippen LogP contribution in [0.4, 0.5) is 0 Å². The molecule has 6 heteroatoms. The van der Waals surface area contributed by atoms with Crippen molar-refractivity contribution in [3.63, 3.8) is 0 Å². The molecule has 2 N–H and O–H groups in total. The highest BCUT2D eigenvalue weighted by molar-refractivity contribution is 7.91. The summed E-state index contributed by atoms with van der Waals surface area (Å²) in [6.07, 6.45) is 2.86. The molecule has 0 saturated carbocycles. The summed E-state index contributed by atoms with van der Waals surface area (Å²) in [6, 6.07) is 1.74. The lowest BCUT2D eigenvalue weighted by Gasteiger charge is -2.31.